The number of thiophene rings is 1. The van der Waals surface area contributed by atoms with E-state index in [0.29, 0.717) is 26.2 Å². The first-order chi connectivity index (χ1) is 7.55. The molecule has 0 radical (unpaired) electrons. The molecule has 0 bridgehead atoms. The van der Waals surface area contributed by atoms with Gasteiger partial charge in [0.1, 0.15) is 0 Å². The van der Waals surface area contributed by atoms with E-state index >= 15 is 0 Å². The minimum atomic E-state index is -0.603. The van der Waals surface area contributed by atoms with Crippen molar-refractivity contribution in [1.82, 2.24) is 10.2 Å². The van der Waals surface area contributed by atoms with Crippen molar-refractivity contribution in [3.05, 3.63) is 22.4 Å². The van der Waals surface area contributed by atoms with Gasteiger partial charge in [0.15, 0.2) is 0 Å². The molecule has 0 atom stereocenters. The van der Waals surface area contributed by atoms with Crippen molar-refractivity contribution in [2.75, 3.05) is 19.6 Å². The van der Waals surface area contributed by atoms with Gasteiger partial charge >= 0.3 is 0 Å². The number of carbonyl (C=O) groups excluding carboxylic acids is 1. The Bertz CT molecular complexity index is 354. The molecule has 2 N–H and O–H groups in total. The lowest BCUT2D eigenvalue weighted by molar-refractivity contribution is -0.130. The zero-order valence-electron chi connectivity index (χ0n) is 9.27. The normalized spacial score (nSPS) is 19.1. The second-order valence-corrected chi connectivity index (χ2v) is 5.53. The Labute approximate surface area is 98.9 Å². The number of hydrogen-bond acceptors (Lipinski definition) is 4. The second-order valence-electron chi connectivity index (χ2n) is 4.50. The fourth-order valence-corrected chi connectivity index (χ4v) is 2.53. The Morgan fingerprint density at radius 3 is 3.00 bits per heavy atom. The fraction of sp³-hybridized carbons (Fsp3) is 0.545. The number of nitrogens with zero attached hydrogens (tertiary/aromatic N) is 1. The molecule has 2 heterocycles. The first-order valence-electron chi connectivity index (χ1n) is 5.29. The molecule has 1 aromatic heterocycles. The number of rotatable bonds is 4. The summed E-state index contributed by atoms with van der Waals surface area (Å²) in [6, 6.07) is 3.97. The molecule has 1 amide bonds. The SMILES string of the molecule is CC1(O)CN(CC(=O)NCc2cccs2)C1. The summed E-state index contributed by atoms with van der Waals surface area (Å²) in [5, 5.41) is 14.4. The lowest BCUT2D eigenvalue weighted by atomic mass is 9.97. The van der Waals surface area contributed by atoms with Crippen LogP contribution in [0.5, 0.6) is 0 Å². The molecule has 0 aromatic carbocycles. The van der Waals surface area contributed by atoms with Crippen LogP contribution < -0.4 is 5.32 Å². The van der Waals surface area contributed by atoms with Gasteiger partial charge in [-0.2, -0.15) is 0 Å². The number of likely N-dealkylation sites (tertiary alicyclic amines) is 1. The molecule has 2 rings (SSSR count). The number of β-amino-alcohol motifs (C(OH)–C–C–N with tert-alkyl or cyclic N) is 1. The zero-order chi connectivity index (χ0) is 11.6. The lowest BCUT2D eigenvalue weighted by Gasteiger charge is -2.43. The van der Waals surface area contributed by atoms with Crippen LogP contribution in [0.25, 0.3) is 0 Å². The van der Waals surface area contributed by atoms with E-state index in [-0.39, 0.29) is 5.91 Å². The van der Waals surface area contributed by atoms with E-state index in [2.05, 4.69) is 5.32 Å². The maximum absolute atomic E-state index is 11.5. The predicted molar refractivity (Wildman–Crippen MR) is 63.2 cm³/mol. The lowest BCUT2D eigenvalue weighted by Crippen LogP contribution is -2.61. The first-order valence-corrected chi connectivity index (χ1v) is 6.17. The number of aliphatic hydroxyl groups is 1. The molecule has 88 valence electrons. The fourth-order valence-electron chi connectivity index (χ4n) is 1.89. The van der Waals surface area contributed by atoms with Crippen molar-refractivity contribution in [2.24, 2.45) is 0 Å². The summed E-state index contributed by atoms with van der Waals surface area (Å²) in [7, 11) is 0. The van der Waals surface area contributed by atoms with E-state index in [1.165, 1.54) is 0 Å². The van der Waals surface area contributed by atoms with Crippen LogP contribution >= 0.6 is 11.3 Å². The Kier molecular flexibility index (Phi) is 3.28. The highest BCUT2D eigenvalue weighted by Crippen LogP contribution is 2.18. The number of hydrogen-bond donors (Lipinski definition) is 2. The summed E-state index contributed by atoms with van der Waals surface area (Å²) in [4.78, 5) is 14.6. The maximum atomic E-state index is 11.5. The summed E-state index contributed by atoms with van der Waals surface area (Å²) < 4.78 is 0. The molecule has 0 unspecified atom stereocenters. The summed E-state index contributed by atoms with van der Waals surface area (Å²) in [5.41, 5.74) is -0.603. The van der Waals surface area contributed by atoms with Gasteiger partial charge in [-0.25, -0.2) is 0 Å². The van der Waals surface area contributed by atoms with Crippen LogP contribution in [-0.4, -0.2) is 41.1 Å². The molecule has 1 aliphatic heterocycles. The topological polar surface area (TPSA) is 52.6 Å². The van der Waals surface area contributed by atoms with E-state index < -0.39 is 5.60 Å². The van der Waals surface area contributed by atoms with Crippen molar-refractivity contribution in [1.29, 1.82) is 0 Å². The average Bonchev–Trinajstić information content (AvgIpc) is 2.64. The molecule has 16 heavy (non-hydrogen) atoms. The van der Waals surface area contributed by atoms with Crippen molar-refractivity contribution in [2.45, 2.75) is 19.1 Å². The highest BCUT2D eigenvalue weighted by Gasteiger charge is 2.36. The first kappa shape index (κ1) is 11.6. The van der Waals surface area contributed by atoms with Crippen molar-refractivity contribution < 1.29 is 9.90 Å². The Hall–Kier alpha value is -0.910. The van der Waals surface area contributed by atoms with Crippen LogP contribution in [0.2, 0.25) is 0 Å². The second kappa shape index (κ2) is 4.53. The van der Waals surface area contributed by atoms with Crippen LogP contribution in [0, 0.1) is 0 Å². The monoisotopic (exact) mass is 240 g/mol. The van der Waals surface area contributed by atoms with Crippen LogP contribution in [-0.2, 0) is 11.3 Å². The molecule has 5 heteroatoms. The molecule has 4 nitrogen and oxygen atoms in total. The van der Waals surface area contributed by atoms with Crippen LogP contribution in [0.1, 0.15) is 11.8 Å². The highest BCUT2D eigenvalue weighted by molar-refractivity contribution is 7.09. The van der Waals surface area contributed by atoms with E-state index in [0.717, 1.165) is 4.88 Å². The summed E-state index contributed by atoms with van der Waals surface area (Å²) in [6.45, 7) is 3.92. The van der Waals surface area contributed by atoms with E-state index in [4.69, 9.17) is 0 Å². The number of amides is 1. The van der Waals surface area contributed by atoms with Gasteiger partial charge in [0.25, 0.3) is 0 Å². The smallest absolute Gasteiger partial charge is 0.234 e. The van der Waals surface area contributed by atoms with Gasteiger partial charge in [0.05, 0.1) is 18.7 Å². The third-order valence-electron chi connectivity index (χ3n) is 2.54. The van der Waals surface area contributed by atoms with Gasteiger partial charge in [-0.1, -0.05) is 6.07 Å². The highest BCUT2D eigenvalue weighted by atomic mass is 32.1. The third kappa shape index (κ3) is 3.04. The number of carbonyl (C=O) groups is 1. The summed E-state index contributed by atoms with van der Waals surface area (Å²) in [6.07, 6.45) is 0. The van der Waals surface area contributed by atoms with Crippen LogP contribution in [0.3, 0.4) is 0 Å². The zero-order valence-corrected chi connectivity index (χ0v) is 10.1. The molecule has 1 aliphatic rings. The van der Waals surface area contributed by atoms with Gasteiger partial charge in [-0.05, 0) is 18.4 Å². The standard InChI is InChI=1S/C11H16N2O2S/c1-11(15)7-13(8-11)6-10(14)12-5-9-3-2-4-16-9/h2-4,15H,5-8H2,1H3,(H,12,14). The van der Waals surface area contributed by atoms with Crippen molar-refractivity contribution >= 4 is 17.2 Å². The van der Waals surface area contributed by atoms with Gasteiger partial charge < -0.3 is 10.4 Å². The molecule has 1 aromatic rings. The predicted octanol–water partition coefficient (Wildman–Crippen LogP) is 0.431. The van der Waals surface area contributed by atoms with E-state index in [1.54, 1.807) is 18.3 Å². The Morgan fingerprint density at radius 1 is 1.69 bits per heavy atom. The van der Waals surface area contributed by atoms with Gasteiger partial charge in [-0.15, -0.1) is 11.3 Å². The van der Waals surface area contributed by atoms with Crippen LogP contribution in [0.15, 0.2) is 17.5 Å². The molecular formula is C11H16N2O2S. The van der Waals surface area contributed by atoms with Crippen molar-refractivity contribution in [3.8, 4) is 0 Å². The summed E-state index contributed by atoms with van der Waals surface area (Å²) in [5.74, 6) is 0.0175. The van der Waals surface area contributed by atoms with E-state index in [1.807, 2.05) is 22.4 Å². The summed E-state index contributed by atoms with van der Waals surface area (Å²) >= 11 is 1.63. The van der Waals surface area contributed by atoms with Gasteiger partial charge in [-0.3, -0.25) is 9.69 Å². The van der Waals surface area contributed by atoms with E-state index in [9.17, 15) is 9.90 Å². The van der Waals surface area contributed by atoms with Crippen LogP contribution in [0.4, 0.5) is 0 Å². The Morgan fingerprint density at radius 2 is 2.44 bits per heavy atom. The van der Waals surface area contributed by atoms with Gasteiger partial charge in [0, 0.05) is 18.0 Å². The quantitative estimate of drug-likeness (QED) is 0.802. The molecular weight excluding hydrogens is 224 g/mol. The minimum Gasteiger partial charge on any atom is -0.388 e. The minimum absolute atomic E-state index is 0.0175. The molecule has 0 aliphatic carbocycles. The largest absolute Gasteiger partial charge is 0.388 e. The molecule has 0 spiro atoms. The molecule has 0 saturated carbocycles. The third-order valence-corrected chi connectivity index (χ3v) is 3.41. The van der Waals surface area contributed by atoms with Gasteiger partial charge in [0.2, 0.25) is 5.91 Å². The Balaban J connectivity index is 1.66. The maximum Gasteiger partial charge on any atom is 0.234 e. The molecule has 1 fully saturated rings. The molecule has 1 saturated heterocycles. The van der Waals surface area contributed by atoms with Crippen molar-refractivity contribution in [3.63, 3.8) is 0 Å². The number of nitrogens with one attached hydrogen (secondary N) is 1. The average molecular weight is 240 g/mol.